The maximum absolute atomic E-state index is 12.2. The zero-order valence-electron chi connectivity index (χ0n) is 11.1. The summed E-state index contributed by atoms with van der Waals surface area (Å²) in [5, 5.41) is 2.90. The number of rotatable bonds is 3. The molecule has 98 valence electrons. The van der Waals surface area contributed by atoms with E-state index in [-0.39, 0.29) is 5.91 Å². The summed E-state index contributed by atoms with van der Waals surface area (Å²) in [4.78, 5) is 20.6. The van der Waals surface area contributed by atoms with Gasteiger partial charge in [0.1, 0.15) is 0 Å². The van der Waals surface area contributed by atoms with Crippen molar-refractivity contribution in [2.45, 2.75) is 13.5 Å². The molecule has 20 heavy (non-hydrogen) atoms. The van der Waals surface area contributed by atoms with E-state index in [0.29, 0.717) is 12.5 Å². The predicted molar refractivity (Wildman–Crippen MR) is 74.4 cm³/mol. The molecule has 0 saturated heterocycles. The molecule has 0 spiro atoms. The Morgan fingerprint density at radius 2 is 2.20 bits per heavy atom. The maximum Gasteiger partial charge on any atom is 0.252 e. The van der Waals surface area contributed by atoms with E-state index in [1.165, 1.54) is 11.1 Å². The summed E-state index contributed by atoms with van der Waals surface area (Å²) in [7, 11) is 0. The monoisotopic (exact) mass is 263 g/mol. The van der Waals surface area contributed by atoms with Crippen LogP contribution < -0.4 is 5.32 Å². The fraction of sp³-hybridized carbons (Fsp3) is 0.188. The molecule has 1 aromatic heterocycles. The summed E-state index contributed by atoms with van der Waals surface area (Å²) in [5.41, 5.74) is 6.08. The van der Waals surface area contributed by atoms with Crippen molar-refractivity contribution >= 4 is 5.91 Å². The van der Waals surface area contributed by atoms with Crippen molar-refractivity contribution in [2.24, 2.45) is 5.92 Å². The van der Waals surface area contributed by atoms with Crippen LogP contribution in [-0.4, -0.2) is 15.9 Å². The Kier molecular flexibility index (Phi) is 2.27. The van der Waals surface area contributed by atoms with E-state index in [2.05, 4.69) is 27.4 Å². The molecule has 1 unspecified atom stereocenters. The van der Waals surface area contributed by atoms with E-state index >= 15 is 0 Å². The van der Waals surface area contributed by atoms with Gasteiger partial charge in [0, 0.05) is 17.7 Å². The SMILES string of the molecule is Cc1cnc(CNC(=O)C2=CC=C3C2=CC2=CC23)cn1. The first-order valence-corrected chi connectivity index (χ1v) is 6.64. The fourth-order valence-corrected chi connectivity index (χ4v) is 2.63. The number of aryl methyl sites for hydroxylation is 1. The Morgan fingerprint density at radius 3 is 3.00 bits per heavy atom. The van der Waals surface area contributed by atoms with Gasteiger partial charge < -0.3 is 5.32 Å². The molecule has 4 heteroatoms. The molecule has 0 saturated carbocycles. The average Bonchev–Trinajstić information content (AvgIpc) is 2.93. The predicted octanol–water partition coefficient (Wildman–Crippen LogP) is 1.76. The molecule has 0 aliphatic heterocycles. The van der Waals surface area contributed by atoms with Crippen LogP contribution in [0.5, 0.6) is 0 Å². The Morgan fingerprint density at radius 1 is 1.30 bits per heavy atom. The van der Waals surface area contributed by atoms with Crippen LogP contribution in [0.25, 0.3) is 0 Å². The molecule has 3 aliphatic rings. The molecule has 0 fully saturated rings. The zero-order chi connectivity index (χ0) is 13.7. The van der Waals surface area contributed by atoms with Gasteiger partial charge in [0.2, 0.25) is 0 Å². The normalized spacial score (nSPS) is 21.4. The van der Waals surface area contributed by atoms with Crippen molar-refractivity contribution in [3.8, 4) is 0 Å². The van der Waals surface area contributed by atoms with E-state index in [9.17, 15) is 4.79 Å². The average molecular weight is 263 g/mol. The van der Waals surface area contributed by atoms with E-state index in [0.717, 1.165) is 22.5 Å². The first-order valence-electron chi connectivity index (χ1n) is 6.64. The van der Waals surface area contributed by atoms with Gasteiger partial charge in [-0.15, -0.1) is 0 Å². The summed E-state index contributed by atoms with van der Waals surface area (Å²) < 4.78 is 0. The van der Waals surface area contributed by atoms with Gasteiger partial charge in [0.15, 0.2) is 0 Å². The maximum atomic E-state index is 12.2. The van der Waals surface area contributed by atoms with Crippen LogP contribution in [0.1, 0.15) is 11.4 Å². The summed E-state index contributed by atoms with van der Waals surface area (Å²) in [6, 6.07) is 0. The topological polar surface area (TPSA) is 54.9 Å². The second-order valence-corrected chi connectivity index (χ2v) is 5.24. The van der Waals surface area contributed by atoms with Gasteiger partial charge in [-0.25, -0.2) is 0 Å². The summed E-state index contributed by atoms with van der Waals surface area (Å²) in [5.74, 6) is 0.432. The van der Waals surface area contributed by atoms with Crippen LogP contribution in [0.3, 0.4) is 0 Å². The van der Waals surface area contributed by atoms with Crippen LogP contribution in [0.2, 0.25) is 0 Å². The van der Waals surface area contributed by atoms with Crippen molar-refractivity contribution in [1.82, 2.24) is 15.3 Å². The van der Waals surface area contributed by atoms with E-state index < -0.39 is 0 Å². The van der Waals surface area contributed by atoms with Gasteiger partial charge >= 0.3 is 0 Å². The number of allylic oxidation sites excluding steroid dienone is 6. The number of hydrogen-bond acceptors (Lipinski definition) is 3. The standard InChI is InChI=1S/C16H13N3O/c1-9-6-18-11(7-17-9)8-19-16(20)13-3-2-12-14-4-10(14)5-15(12)13/h2-7,14H,8H2,1H3,(H,19,20). The first kappa shape index (κ1) is 11.3. The molecule has 1 heterocycles. The van der Waals surface area contributed by atoms with E-state index in [1.807, 2.05) is 19.1 Å². The van der Waals surface area contributed by atoms with E-state index in [1.54, 1.807) is 12.4 Å². The number of aromatic nitrogens is 2. The minimum atomic E-state index is -0.0493. The minimum Gasteiger partial charge on any atom is -0.346 e. The van der Waals surface area contributed by atoms with Crippen LogP contribution >= 0.6 is 0 Å². The highest BCUT2D eigenvalue weighted by Crippen LogP contribution is 2.51. The summed E-state index contributed by atoms with van der Waals surface area (Å²) in [6.07, 6.45) is 11.7. The third-order valence-electron chi connectivity index (χ3n) is 3.80. The number of carbonyl (C=O) groups is 1. The van der Waals surface area contributed by atoms with Gasteiger partial charge in [0.05, 0.1) is 24.1 Å². The van der Waals surface area contributed by atoms with Crippen LogP contribution in [0.4, 0.5) is 0 Å². The molecule has 1 aromatic rings. The third-order valence-corrected chi connectivity index (χ3v) is 3.80. The van der Waals surface area contributed by atoms with Crippen LogP contribution in [-0.2, 0) is 11.3 Å². The largest absolute Gasteiger partial charge is 0.346 e. The molecule has 1 atom stereocenters. The van der Waals surface area contributed by atoms with Crippen molar-refractivity contribution in [2.75, 3.05) is 0 Å². The lowest BCUT2D eigenvalue weighted by Gasteiger charge is -2.08. The lowest BCUT2D eigenvalue weighted by Crippen LogP contribution is -2.25. The smallest absolute Gasteiger partial charge is 0.252 e. The lowest BCUT2D eigenvalue weighted by atomic mass is 10.0. The molecule has 0 aromatic carbocycles. The molecule has 1 amide bonds. The lowest BCUT2D eigenvalue weighted by molar-refractivity contribution is -0.117. The van der Waals surface area contributed by atoms with Crippen LogP contribution in [0.15, 0.2) is 59.0 Å². The van der Waals surface area contributed by atoms with Gasteiger partial charge in [-0.3, -0.25) is 14.8 Å². The van der Waals surface area contributed by atoms with Crippen molar-refractivity contribution in [3.05, 3.63) is 70.4 Å². The number of nitrogens with one attached hydrogen (secondary N) is 1. The number of amides is 1. The third kappa shape index (κ3) is 1.72. The van der Waals surface area contributed by atoms with Gasteiger partial charge in [-0.05, 0) is 35.8 Å². The molecule has 4 rings (SSSR count). The molecule has 3 aliphatic carbocycles. The van der Waals surface area contributed by atoms with Crippen molar-refractivity contribution < 1.29 is 4.79 Å². The Balaban J connectivity index is 1.43. The fourth-order valence-electron chi connectivity index (χ4n) is 2.63. The van der Waals surface area contributed by atoms with Gasteiger partial charge in [0.25, 0.3) is 5.91 Å². The molecule has 4 nitrogen and oxygen atoms in total. The molecular formula is C16H13N3O. The summed E-state index contributed by atoms with van der Waals surface area (Å²) in [6.45, 7) is 2.29. The zero-order valence-corrected chi connectivity index (χ0v) is 11.1. The number of carbonyl (C=O) groups excluding carboxylic acids is 1. The number of nitrogens with zero attached hydrogens (tertiary/aromatic N) is 2. The first-order chi connectivity index (χ1) is 9.72. The van der Waals surface area contributed by atoms with Crippen molar-refractivity contribution in [3.63, 3.8) is 0 Å². The number of hydrogen-bond donors (Lipinski definition) is 1. The van der Waals surface area contributed by atoms with Crippen molar-refractivity contribution in [1.29, 1.82) is 0 Å². The molecule has 1 N–H and O–H groups in total. The van der Waals surface area contributed by atoms with Crippen LogP contribution in [0, 0.1) is 12.8 Å². The minimum absolute atomic E-state index is 0.0493. The van der Waals surface area contributed by atoms with Gasteiger partial charge in [-0.1, -0.05) is 12.2 Å². The molecule has 0 radical (unpaired) electrons. The second-order valence-electron chi connectivity index (χ2n) is 5.24. The Hall–Kier alpha value is -2.49. The Bertz CT molecular complexity index is 735. The second kappa shape index (κ2) is 4.00. The quantitative estimate of drug-likeness (QED) is 0.904. The summed E-state index contributed by atoms with van der Waals surface area (Å²) >= 11 is 0. The van der Waals surface area contributed by atoms with E-state index in [4.69, 9.17) is 0 Å². The van der Waals surface area contributed by atoms with Gasteiger partial charge in [-0.2, -0.15) is 0 Å². The highest BCUT2D eigenvalue weighted by Gasteiger charge is 2.39. The molecule has 0 bridgehead atoms. The highest BCUT2D eigenvalue weighted by molar-refractivity contribution is 6.02. The highest BCUT2D eigenvalue weighted by atomic mass is 16.1. The molecular weight excluding hydrogens is 250 g/mol. The Labute approximate surface area is 116 Å². The number of fused-ring (bicyclic) bond motifs is 3.